The summed E-state index contributed by atoms with van der Waals surface area (Å²) < 4.78 is 11.0. The average Bonchev–Trinajstić information content (AvgIpc) is 2.96. The van der Waals surface area contributed by atoms with Crippen LogP contribution in [-0.4, -0.2) is 18.1 Å². The van der Waals surface area contributed by atoms with Crippen LogP contribution < -0.4 is 0 Å². The summed E-state index contributed by atoms with van der Waals surface area (Å²) in [6.45, 7) is 2.53. The highest BCUT2D eigenvalue weighted by Gasteiger charge is 2.14. The molecule has 0 aliphatic carbocycles. The lowest BCUT2D eigenvalue weighted by molar-refractivity contribution is 0.190. The van der Waals surface area contributed by atoms with Crippen LogP contribution in [0.15, 0.2) is 24.3 Å². The summed E-state index contributed by atoms with van der Waals surface area (Å²) in [6, 6.07) is 0. The first-order chi connectivity index (χ1) is 20.1. The molecule has 3 nitrogen and oxygen atoms in total. The minimum atomic E-state index is -3.05. The van der Waals surface area contributed by atoms with E-state index in [2.05, 4.69) is 38.2 Å². The Morgan fingerprint density at radius 3 is 0.951 bits per heavy atom. The number of hydrogen-bond donors (Lipinski definition) is 1. The first-order valence-electron chi connectivity index (χ1n) is 18.0. The van der Waals surface area contributed by atoms with Gasteiger partial charge in [-0.15, -0.1) is 0 Å². The second kappa shape index (κ2) is 34.5. The van der Waals surface area contributed by atoms with Crippen LogP contribution in [0.4, 0.5) is 0 Å². The predicted octanol–water partition coefficient (Wildman–Crippen LogP) is 13.3. The number of allylic oxidation sites excluding steroid dienone is 4. The van der Waals surface area contributed by atoms with Crippen LogP contribution in [0.3, 0.4) is 0 Å². The van der Waals surface area contributed by atoms with Crippen molar-refractivity contribution < 1.29 is 13.9 Å². The van der Waals surface area contributed by atoms with Crippen molar-refractivity contribution in [1.29, 1.82) is 0 Å². The minimum absolute atomic E-state index is 0.516. The van der Waals surface area contributed by atoms with Crippen molar-refractivity contribution in [1.82, 2.24) is 0 Å². The molecule has 0 unspecified atom stereocenters. The standard InChI is InChI=1S/C36H71O3PS/c1-3-5-7-9-11-13-15-17-19-21-23-25-27-29-31-33-35-38-40(37,41)39-36-34-32-30-28-26-24-22-20-18-16-14-12-10-8-6-4-2/h17-20H,3-16,21-36H2,1-2H3,(H,37,41). The van der Waals surface area contributed by atoms with E-state index in [1.54, 1.807) is 0 Å². The smallest absolute Gasteiger partial charge is 0.324 e. The first kappa shape index (κ1) is 41.0. The van der Waals surface area contributed by atoms with Gasteiger partial charge < -0.3 is 13.9 Å². The summed E-state index contributed by atoms with van der Waals surface area (Å²) in [5, 5.41) is 0. The Kier molecular flexibility index (Phi) is 34.5. The van der Waals surface area contributed by atoms with Crippen molar-refractivity contribution >= 4 is 18.5 Å². The normalized spacial score (nSPS) is 13.5. The van der Waals surface area contributed by atoms with E-state index in [4.69, 9.17) is 20.9 Å². The van der Waals surface area contributed by atoms with Gasteiger partial charge in [0.05, 0.1) is 13.2 Å². The molecule has 0 aliphatic rings. The van der Waals surface area contributed by atoms with Crippen molar-refractivity contribution in [2.24, 2.45) is 0 Å². The highest BCUT2D eigenvalue weighted by Crippen LogP contribution is 2.44. The van der Waals surface area contributed by atoms with E-state index >= 15 is 0 Å². The average molecular weight is 615 g/mol. The zero-order chi connectivity index (χ0) is 30.0. The fraction of sp³-hybridized carbons (Fsp3) is 0.889. The van der Waals surface area contributed by atoms with Gasteiger partial charge in [-0.2, -0.15) is 0 Å². The van der Waals surface area contributed by atoms with Crippen LogP contribution in [-0.2, 0) is 20.9 Å². The Balaban J connectivity index is 3.35. The molecule has 0 aromatic heterocycles. The van der Waals surface area contributed by atoms with E-state index in [1.807, 2.05) is 0 Å². The lowest BCUT2D eigenvalue weighted by atomic mass is 10.1. The molecular weight excluding hydrogens is 543 g/mol. The van der Waals surface area contributed by atoms with Gasteiger partial charge in [0.25, 0.3) is 0 Å². The Morgan fingerprint density at radius 1 is 0.415 bits per heavy atom. The van der Waals surface area contributed by atoms with Crippen LogP contribution in [0.25, 0.3) is 0 Å². The molecule has 0 amide bonds. The lowest BCUT2D eigenvalue weighted by Crippen LogP contribution is -1.99. The highest BCUT2D eigenvalue weighted by molar-refractivity contribution is 8.07. The van der Waals surface area contributed by atoms with E-state index < -0.39 is 6.72 Å². The maximum Gasteiger partial charge on any atom is 0.324 e. The van der Waals surface area contributed by atoms with Crippen molar-refractivity contribution in [3.05, 3.63) is 24.3 Å². The van der Waals surface area contributed by atoms with E-state index in [0.29, 0.717) is 13.2 Å². The summed E-state index contributed by atoms with van der Waals surface area (Å²) in [6.07, 6.45) is 45.5. The molecule has 41 heavy (non-hydrogen) atoms. The van der Waals surface area contributed by atoms with Gasteiger partial charge in [0.15, 0.2) is 0 Å². The van der Waals surface area contributed by atoms with E-state index in [1.165, 1.54) is 154 Å². The first-order valence-corrected chi connectivity index (χ1v) is 20.6. The van der Waals surface area contributed by atoms with Crippen molar-refractivity contribution in [3.63, 3.8) is 0 Å². The quantitative estimate of drug-likeness (QED) is 0.0444. The van der Waals surface area contributed by atoms with E-state index in [-0.39, 0.29) is 0 Å². The number of rotatable bonds is 34. The van der Waals surface area contributed by atoms with Crippen molar-refractivity contribution in [2.75, 3.05) is 13.2 Å². The summed E-state index contributed by atoms with van der Waals surface area (Å²) in [4.78, 5) is 10.2. The van der Waals surface area contributed by atoms with Crippen molar-refractivity contribution in [2.45, 2.75) is 194 Å². The molecule has 0 rings (SSSR count). The summed E-state index contributed by atoms with van der Waals surface area (Å²) >= 11 is 5.17. The van der Waals surface area contributed by atoms with Crippen molar-refractivity contribution in [3.8, 4) is 0 Å². The zero-order valence-corrected chi connectivity index (χ0v) is 29.4. The van der Waals surface area contributed by atoms with Gasteiger partial charge in [-0.3, -0.25) is 0 Å². The third-order valence-electron chi connectivity index (χ3n) is 7.82. The number of hydrogen-bond acceptors (Lipinski definition) is 3. The van der Waals surface area contributed by atoms with Gasteiger partial charge in [-0.05, 0) is 76.0 Å². The Labute approximate surface area is 263 Å². The molecule has 0 aromatic carbocycles. The molecule has 0 atom stereocenters. The van der Waals surface area contributed by atoms with Gasteiger partial charge in [0, 0.05) is 0 Å². The molecule has 0 saturated carbocycles. The predicted molar refractivity (Wildman–Crippen MR) is 187 cm³/mol. The van der Waals surface area contributed by atoms with Gasteiger partial charge in [0.1, 0.15) is 0 Å². The summed E-state index contributed by atoms with van der Waals surface area (Å²) in [5.74, 6) is 0. The zero-order valence-electron chi connectivity index (χ0n) is 27.6. The molecule has 0 bridgehead atoms. The van der Waals surface area contributed by atoms with E-state index in [9.17, 15) is 4.89 Å². The molecule has 0 spiro atoms. The Hall–Kier alpha value is 0.0100. The molecule has 0 fully saturated rings. The minimum Gasteiger partial charge on any atom is -0.324 e. The molecule has 5 heteroatoms. The lowest BCUT2D eigenvalue weighted by Gasteiger charge is -2.15. The maximum absolute atomic E-state index is 10.2. The molecule has 0 radical (unpaired) electrons. The van der Waals surface area contributed by atoms with Gasteiger partial charge in [0.2, 0.25) is 0 Å². The second-order valence-electron chi connectivity index (χ2n) is 12.0. The van der Waals surface area contributed by atoms with Gasteiger partial charge in [-0.1, -0.05) is 154 Å². The monoisotopic (exact) mass is 614 g/mol. The molecule has 0 aromatic rings. The third-order valence-corrected chi connectivity index (χ3v) is 9.47. The van der Waals surface area contributed by atoms with Crippen LogP contribution >= 0.6 is 6.72 Å². The molecule has 244 valence electrons. The van der Waals surface area contributed by atoms with Crippen LogP contribution in [0.5, 0.6) is 0 Å². The molecule has 1 N–H and O–H groups in total. The Morgan fingerprint density at radius 2 is 0.659 bits per heavy atom. The summed E-state index contributed by atoms with van der Waals surface area (Å²) in [7, 11) is 0. The van der Waals surface area contributed by atoms with E-state index in [0.717, 1.165) is 25.7 Å². The fourth-order valence-electron chi connectivity index (χ4n) is 5.10. The van der Waals surface area contributed by atoms with Gasteiger partial charge in [-0.25, -0.2) is 0 Å². The van der Waals surface area contributed by atoms with Gasteiger partial charge >= 0.3 is 6.72 Å². The largest absolute Gasteiger partial charge is 0.324 e. The topological polar surface area (TPSA) is 38.7 Å². The third kappa shape index (κ3) is 36.1. The molecule has 0 heterocycles. The fourth-order valence-corrected chi connectivity index (χ4v) is 6.34. The van der Waals surface area contributed by atoms with Crippen LogP contribution in [0.1, 0.15) is 194 Å². The SMILES string of the molecule is CCCCCCCCC=CCCCCCCCCOP(O)(=S)OCCCCCCCCC=CCCCCCCCC. The molecule has 0 saturated heterocycles. The highest BCUT2D eigenvalue weighted by atomic mass is 32.5. The van der Waals surface area contributed by atoms with Crippen LogP contribution in [0.2, 0.25) is 0 Å². The molecular formula is C36H71O3PS. The maximum atomic E-state index is 10.2. The number of unbranched alkanes of at least 4 members (excludes halogenated alkanes) is 24. The Bertz CT molecular complexity index is 560. The molecule has 0 aliphatic heterocycles. The summed E-state index contributed by atoms with van der Waals surface area (Å²) in [5.41, 5.74) is 0. The second-order valence-corrected chi connectivity index (χ2v) is 14.8. The van der Waals surface area contributed by atoms with Crippen LogP contribution in [0, 0.1) is 0 Å².